The van der Waals surface area contributed by atoms with Crippen molar-refractivity contribution in [2.24, 2.45) is 0 Å². The van der Waals surface area contributed by atoms with E-state index in [2.05, 4.69) is 257 Å². The summed E-state index contributed by atoms with van der Waals surface area (Å²) < 4.78 is 0. The van der Waals surface area contributed by atoms with E-state index in [1.165, 1.54) is 191 Å². The Morgan fingerprint density at radius 3 is 1.09 bits per heavy atom. The minimum absolute atomic E-state index is 0.251. The van der Waals surface area contributed by atoms with Gasteiger partial charge >= 0.3 is 0 Å². The Bertz CT molecular complexity index is 6350. The highest BCUT2D eigenvalue weighted by molar-refractivity contribution is 6.11. The summed E-state index contributed by atoms with van der Waals surface area (Å²) in [5.41, 5.74) is 28.6. The molecule has 125 heavy (non-hydrogen) atoms. The maximum absolute atomic E-state index is 9.18. The molecule has 10 aromatic heterocycles. The molecule has 0 amide bonds. The lowest BCUT2D eigenvalue weighted by Crippen LogP contribution is -2.47. The molecule has 0 unspecified atom stereocenters. The molecule has 0 radical (unpaired) electrons. The number of likely N-dealkylation sites (N-methyl/N-ethyl adjacent to an activating group) is 3. The topological polar surface area (TPSA) is 249 Å². The number of aromatic nitrogens is 12. The minimum atomic E-state index is 0.251. The second-order valence-corrected chi connectivity index (χ2v) is 35.6. The molecule has 4 aliphatic heterocycles. The number of anilines is 10. The Labute approximate surface area is 729 Å². The zero-order chi connectivity index (χ0) is 83.9. The lowest BCUT2D eigenvalue weighted by molar-refractivity contribution is 0.188. The molecule has 24 heteroatoms. The SMILES string of the molecule is CN1CCN(c2ccc(Nc3[nH]c4ccc5nccc5c4c4c3CCCC4)cc2)CC1.CN1CCN(c2ncc(Nc3[nH]c4ccc5nccc5c4c4c3CCCC4)cn2)CC1.CN1CCN(c2ncc(Nc3ccc(-c4[nH]c5ccc6nccc6c5c5c4CCCC5)cc3)cn2)CC1.OCCN1CCN(c2[nH]c3ccc4nccc4c3c3c2CCCC3)CC1. The quantitative estimate of drug-likeness (QED) is 0.0534. The summed E-state index contributed by atoms with van der Waals surface area (Å²) >= 11 is 0. The number of aromatic amines is 4. The smallest absolute Gasteiger partial charge is 0.225 e. The molecule has 4 aliphatic carbocycles. The highest BCUT2D eigenvalue weighted by atomic mass is 16.3. The van der Waals surface area contributed by atoms with E-state index in [1.54, 1.807) is 0 Å². The van der Waals surface area contributed by atoms with E-state index < -0.39 is 0 Å². The van der Waals surface area contributed by atoms with Crippen LogP contribution in [0.4, 0.5) is 57.8 Å². The number of nitrogens with zero attached hydrogens (tertiary/aromatic N) is 16. The summed E-state index contributed by atoms with van der Waals surface area (Å²) in [7, 11) is 6.51. The van der Waals surface area contributed by atoms with Crippen molar-refractivity contribution in [2.75, 3.05) is 175 Å². The lowest BCUT2D eigenvalue weighted by Gasteiger charge is -2.37. The molecule has 6 aromatic carbocycles. The van der Waals surface area contributed by atoms with Crippen molar-refractivity contribution in [1.82, 2.24) is 79.4 Å². The summed E-state index contributed by atoms with van der Waals surface area (Å²) in [5.74, 6) is 5.16. The fraction of sp³-hybridized carbons (Fsp3) is 0.366. The molecular weight excluding hydrogens is 1550 g/mol. The van der Waals surface area contributed by atoms with Crippen LogP contribution in [0.3, 0.4) is 0 Å². The van der Waals surface area contributed by atoms with Crippen molar-refractivity contribution in [3.05, 3.63) is 215 Å². The van der Waals surface area contributed by atoms with E-state index in [-0.39, 0.29) is 6.61 Å². The number of aliphatic hydroxyl groups excluding tert-OH is 1. The first-order valence-corrected chi connectivity index (χ1v) is 45.8. The number of hydrogen-bond donors (Lipinski definition) is 8. The van der Waals surface area contributed by atoms with Crippen LogP contribution < -0.4 is 35.6 Å². The van der Waals surface area contributed by atoms with Gasteiger partial charge in [0.1, 0.15) is 17.5 Å². The third kappa shape index (κ3) is 16.3. The van der Waals surface area contributed by atoms with E-state index in [9.17, 15) is 5.11 Å². The van der Waals surface area contributed by atoms with Crippen LogP contribution in [0.15, 0.2) is 171 Å². The fourth-order valence-corrected chi connectivity index (χ4v) is 20.9. The van der Waals surface area contributed by atoms with Gasteiger partial charge in [-0.05, 0) is 283 Å². The minimum Gasteiger partial charge on any atom is -0.395 e. The molecule has 0 bridgehead atoms. The number of β-amino-alcohol motifs (C(OH)–C–C–N with tert-alkyl or cyclic N) is 1. The Morgan fingerprint density at radius 2 is 0.648 bits per heavy atom. The highest BCUT2D eigenvalue weighted by Crippen LogP contribution is 2.44. The van der Waals surface area contributed by atoms with Gasteiger partial charge in [-0.25, -0.2) is 19.9 Å². The molecular formula is C101H113N23O. The number of hydrogen-bond acceptors (Lipinski definition) is 20. The summed E-state index contributed by atoms with van der Waals surface area (Å²) in [6.07, 6.45) is 34.2. The summed E-state index contributed by atoms with van der Waals surface area (Å²) in [4.78, 5) is 70.4. The summed E-state index contributed by atoms with van der Waals surface area (Å²) in [6.45, 7) is 17.6. The van der Waals surface area contributed by atoms with Gasteiger partial charge in [0.25, 0.3) is 0 Å². The van der Waals surface area contributed by atoms with Crippen LogP contribution in [0.1, 0.15) is 95.9 Å². The van der Waals surface area contributed by atoms with Crippen molar-refractivity contribution in [1.29, 1.82) is 0 Å². The van der Waals surface area contributed by atoms with E-state index in [0.29, 0.717) is 0 Å². The van der Waals surface area contributed by atoms with E-state index in [0.717, 1.165) is 224 Å². The van der Waals surface area contributed by atoms with Crippen molar-refractivity contribution in [2.45, 2.75) is 103 Å². The molecule has 14 heterocycles. The van der Waals surface area contributed by atoms with Gasteiger partial charge in [0.05, 0.1) is 64.8 Å². The van der Waals surface area contributed by atoms with Gasteiger partial charge in [-0.15, -0.1) is 0 Å². The molecule has 4 saturated heterocycles. The second kappa shape index (κ2) is 35.4. The van der Waals surface area contributed by atoms with Crippen molar-refractivity contribution < 1.29 is 5.11 Å². The summed E-state index contributed by atoms with van der Waals surface area (Å²) in [5, 5.41) is 30.4. The van der Waals surface area contributed by atoms with E-state index in [4.69, 9.17) is 0 Å². The van der Waals surface area contributed by atoms with Crippen LogP contribution in [0.25, 0.3) is 98.5 Å². The Morgan fingerprint density at radius 1 is 0.304 bits per heavy atom. The standard InChI is InChI=1S/C30H31N7.C26H29N5.C24H27N7.C21H26N4O/c1-36-14-16-37(17-15-36)30-32-18-22(19-33-30)34-21-8-6-20(7-9-21)29-24-5-3-2-4-23(24)28-25-12-13-31-26(25)10-11-27(28)35-29;1-30-14-16-31(17-15-30)19-8-6-18(7-9-19)28-26-21-5-3-2-4-20(21)25-22-12-13-27-23(22)10-11-24(25)29-26;1-30-10-12-31(13-11-30)24-26-14-16(15-27-24)28-23-18-5-3-2-4-17(18)22-19-8-9-25-20(19)6-7-21(22)29-23;26-14-13-24-9-11-25(12-10-24)21-16-4-2-1-3-15(16)20-17-7-8-22-18(17)5-6-19(20)23-21/h6-13,18-19,34-35H,2-5,14-17H2,1H3;6-13,28-29H,2-5,14-17H2,1H3;6-9,14-15,28-29H,2-5,10-13H2,1H3;5-8,23,26H,1-4,9-14H2. The number of aryl methyl sites for hydroxylation is 4. The highest BCUT2D eigenvalue weighted by Gasteiger charge is 2.29. The zero-order valence-electron chi connectivity index (χ0n) is 72.3. The number of aliphatic hydroxyl groups is 1. The van der Waals surface area contributed by atoms with Gasteiger partial charge < -0.3 is 75.3 Å². The largest absolute Gasteiger partial charge is 0.395 e. The lowest BCUT2D eigenvalue weighted by atomic mass is 9.85. The van der Waals surface area contributed by atoms with E-state index in [1.807, 2.05) is 49.6 Å². The van der Waals surface area contributed by atoms with Crippen LogP contribution in [0, 0.1) is 0 Å². The normalized spacial score (nSPS) is 17.2. The molecule has 0 saturated carbocycles. The van der Waals surface area contributed by atoms with Crippen molar-refractivity contribution in [3.63, 3.8) is 0 Å². The fourth-order valence-electron chi connectivity index (χ4n) is 20.9. The average Bonchev–Trinajstić information content (AvgIpc) is 1.76. The number of nitrogens with one attached hydrogen (secondary N) is 7. The number of benzene rings is 6. The third-order valence-electron chi connectivity index (χ3n) is 27.7. The third-order valence-corrected chi connectivity index (χ3v) is 27.7. The van der Waals surface area contributed by atoms with Gasteiger partial charge in [-0.3, -0.25) is 24.8 Å². The van der Waals surface area contributed by atoms with Gasteiger partial charge in [-0.2, -0.15) is 0 Å². The van der Waals surface area contributed by atoms with Crippen LogP contribution in [0.5, 0.6) is 0 Å². The molecule has 0 spiro atoms. The maximum atomic E-state index is 9.18. The predicted octanol–water partition coefficient (Wildman–Crippen LogP) is 17.2. The van der Waals surface area contributed by atoms with Gasteiger partial charge in [0.2, 0.25) is 11.9 Å². The molecule has 8 N–H and O–H groups in total. The van der Waals surface area contributed by atoms with Crippen LogP contribution in [0.2, 0.25) is 0 Å². The first-order chi connectivity index (χ1) is 61.6. The molecule has 24 nitrogen and oxygen atoms in total. The van der Waals surface area contributed by atoms with Crippen LogP contribution >= 0.6 is 0 Å². The van der Waals surface area contributed by atoms with Crippen LogP contribution in [-0.2, 0) is 51.4 Å². The molecule has 8 aliphatic rings. The number of H-pyrrole nitrogens is 4. The molecule has 4 fully saturated rings. The number of fused-ring (bicyclic) bond motifs is 20. The Balaban J connectivity index is 0.000000103. The second-order valence-electron chi connectivity index (χ2n) is 35.6. The summed E-state index contributed by atoms with van der Waals surface area (Å²) in [6, 6.07) is 43.4. The van der Waals surface area contributed by atoms with Crippen LogP contribution in [-0.4, -0.2) is 224 Å². The first-order valence-electron chi connectivity index (χ1n) is 45.8. The van der Waals surface area contributed by atoms with Gasteiger partial charge in [0.15, 0.2) is 0 Å². The Hall–Kier alpha value is -12.3. The van der Waals surface area contributed by atoms with E-state index >= 15 is 0 Å². The first kappa shape index (κ1) is 79.8. The predicted molar refractivity (Wildman–Crippen MR) is 512 cm³/mol. The van der Waals surface area contributed by atoms with Crippen molar-refractivity contribution >= 4 is 145 Å². The Kier molecular flexibility index (Phi) is 22.6. The molecule has 16 aromatic rings. The maximum Gasteiger partial charge on any atom is 0.225 e. The number of rotatable bonds is 13. The molecule has 24 rings (SSSR count). The molecule has 0 atom stereocenters. The number of pyridine rings is 4. The average molecular weight is 1670 g/mol. The number of piperazine rings is 4. The van der Waals surface area contributed by atoms with Crippen molar-refractivity contribution in [3.8, 4) is 11.3 Å². The monoisotopic (exact) mass is 1660 g/mol. The van der Waals surface area contributed by atoms with Gasteiger partial charge in [0, 0.05) is 224 Å². The van der Waals surface area contributed by atoms with Gasteiger partial charge in [-0.1, -0.05) is 12.1 Å². The zero-order valence-corrected chi connectivity index (χ0v) is 72.3. The molecule has 638 valence electrons.